The Hall–Kier alpha value is -5.09. The number of hydrogen-bond acceptors (Lipinski definition) is 14. The molecule has 0 aromatic carbocycles. The monoisotopic (exact) mass is 1560 g/mol. The first-order chi connectivity index (χ1) is 53.2. The predicted octanol–water partition coefficient (Wildman–Crippen LogP) is 25.5. The maximum Gasteiger partial charge on any atom is 0.472 e. The second-order valence-corrected chi connectivity index (χ2v) is 30.7. The third-order valence-corrected chi connectivity index (χ3v) is 19.3. The van der Waals surface area contributed by atoms with Crippen molar-refractivity contribution in [3.8, 4) is 0 Å². The summed E-state index contributed by atoms with van der Waals surface area (Å²) >= 11 is 0. The van der Waals surface area contributed by atoms with E-state index in [1.165, 1.54) is 64.2 Å². The first kappa shape index (κ1) is 104. The van der Waals surface area contributed by atoms with Gasteiger partial charge >= 0.3 is 33.6 Å². The summed E-state index contributed by atoms with van der Waals surface area (Å²) in [6.45, 7) is 2.34. The van der Waals surface area contributed by atoms with E-state index < -0.39 is 91.5 Å². The normalized spacial score (nSPS) is 14.7. The minimum absolute atomic E-state index is 0.0865. The lowest BCUT2D eigenvalue weighted by molar-refractivity contribution is -0.161. The molecule has 0 bridgehead atoms. The van der Waals surface area contributed by atoms with E-state index in [2.05, 4.69) is 191 Å². The van der Waals surface area contributed by atoms with Crippen molar-refractivity contribution in [2.75, 3.05) is 39.6 Å². The van der Waals surface area contributed by atoms with Gasteiger partial charge in [-0.2, -0.15) is 0 Å². The average Bonchev–Trinajstić information content (AvgIpc) is 0.960. The zero-order valence-electron chi connectivity index (χ0n) is 68.2. The molecule has 0 aliphatic heterocycles. The highest BCUT2D eigenvalue weighted by atomic mass is 31.2. The Morgan fingerprint density at radius 2 is 0.459 bits per heavy atom. The van der Waals surface area contributed by atoms with Crippen molar-refractivity contribution in [2.24, 2.45) is 0 Å². The first-order valence-electron chi connectivity index (χ1n) is 42.4. The third kappa shape index (κ3) is 83.7. The van der Waals surface area contributed by atoms with Crippen LogP contribution in [0.25, 0.3) is 0 Å². The van der Waals surface area contributed by atoms with Crippen LogP contribution in [0.2, 0.25) is 0 Å². The van der Waals surface area contributed by atoms with Crippen LogP contribution in [0.4, 0.5) is 0 Å². The molecule has 0 aliphatic carbocycles. The van der Waals surface area contributed by atoms with Crippen molar-refractivity contribution < 1.29 is 75.8 Å². The molecule has 0 aromatic heterocycles. The maximum absolute atomic E-state index is 13.0. The van der Waals surface area contributed by atoms with Crippen molar-refractivity contribution in [3.05, 3.63) is 170 Å². The van der Waals surface area contributed by atoms with Gasteiger partial charge in [-0.3, -0.25) is 32.5 Å². The summed E-state index contributed by atoms with van der Waals surface area (Å²) in [6, 6.07) is 0. The average molecular weight is 1560 g/mol. The van der Waals surface area contributed by atoms with Crippen LogP contribution in [-0.2, 0) is 55.8 Å². The highest BCUT2D eigenvalue weighted by Crippen LogP contribution is 2.45. The Bertz CT molecular complexity index is 2660. The molecule has 109 heavy (non-hydrogen) atoms. The SMILES string of the molecule is CC/C=C\C/C=C\C/C=C\C/C=C\C/C=C\C/C=C\CCCCCCCCCCC(=O)OCC(COP(=O)(O)OCC(O)COP(=O)(O)OCC(O)COC(=O)CCCCCCCCCCCCCCC/C=C\C/C=C\C/C=C\C/C=C\C/C=C\CC)OC(=O)CCCCCCCCC/C=C\C/C=C\C/C=C\CC. The number of aliphatic hydroxyl groups is 2. The van der Waals surface area contributed by atoms with Crippen LogP contribution in [0.5, 0.6) is 0 Å². The van der Waals surface area contributed by atoms with Gasteiger partial charge in [0, 0.05) is 19.3 Å². The molecule has 0 spiro atoms. The van der Waals surface area contributed by atoms with Gasteiger partial charge in [0.05, 0.1) is 26.4 Å². The number of aliphatic hydroxyl groups excluding tert-OH is 2. The number of phosphoric ester groups is 2. The van der Waals surface area contributed by atoms with Gasteiger partial charge in [0.15, 0.2) is 6.10 Å². The van der Waals surface area contributed by atoms with Gasteiger partial charge in [-0.05, 0) is 148 Å². The molecular weight excluding hydrogens is 1410 g/mol. The standard InChI is InChI=1S/C91H152O16P2/c1-4-7-10-13-16-19-22-25-28-31-33-35-37-39-41-42-44-46-47-49-51-54-56-59-62-65-68-71-74-77-89(94)101-80-86(92)81-103-108(97,98)104-82-87(93)83-105-109(99,100)106-85-88(107-91(96)79-76-73-70-67-64-61-58-53-30-27-24-21-18-15-12-9-6-3)84-102-90(95)78-75-72-69-66-63-60-57-55-52-50-48-45-43-40-38-36-34-32-29-26-23-20-17-14-11-8-5-2/h7-12,16-21,25-30,33-36,39-41,43,48,50,86-88,92-93H,4-6,13-15,22-24,31-32,37-38,42,44-47,49,51-85H2,1-3H3,(H,97,98)(H,99,100)/b10-7-,11-8-,12-9-,19-16-,20-17-,21-18-,28-25-,29-26-,30-27-,35-33-,36-34-,41-39-,43-40-,50-48-. The molecule has 622 valence electrons. The zero-order chi connectivity index (χ0) is 79.4. The number of unbranched alkanes of at least 4 members (excludes halogenated alkanes) is 28. The number of ether oxygens (including phenoxy) is 3. The Labute approximate surface area is 662 Å². The van der Waals surface area contributed by atoms with Crippen LogP contribution in [-0.4, -0.2) is 95.9 Å². The van der Waals surface area contributed by atoms with Crippen LogP contribution >= 0.6 is 15.6 Å². The number of allylic oxidation sites excluding steroid dienone is 28. The van der Waals surface area contributed by atoms with Crippen molar-refractivity contribution in [1.82, 2.24) is 0 Å². The number of hydrogen-bond donors (Lipinski definition) is 4. The Morgan fingerprint density at radius 3 is 0.725 bits per heavy atom. The highest BCUT2D eigenvalue weighted by Gasteiger charge is 2.29. The van der Waals surface area contributed by atoms with E-state index in [-0.39, 0.29) is 19.3 Å². The number of carbonyl (C=O) groups is 3. The molecule has 0 heterocycles. The largest absolute Gasteiger partial charge is 0.472 e. The third-order valence-electron chi connectivity index (χ3n) is 17.4. The van der Waals surface area contributed by atoms with E-state index in [4.69, 9.17) is 32.3 Å². The highest BCUT2D eigenvalue weighted by molar-refractivity contribution is 7.47. The quantitative estimate of drug-likeness (QED) is 0.0146. The fourth-order valence-electron chi connectivity index (χ4n) is 11.1. The maximum atomic E-state index is 13.0. The summed E-state index contributed by atoms with van der Waals surface area (Å²) < 4.78 is 61.3. The van der Waals surface area contributed by atoms with E-state index in [9.17, 15) is 43.5 Å². The Balaban J connectivity index is 4.59. The summed E-state index contributed by atoms with van der Waals surface area (Å²) in [7, 11) is -9.81. The Morgan fingerprint density at radius 1 is 0.257 bits per heavy atom. The van der Waals surface area contributed by atoms with Crippen LogP contribution in [0, 0.1) is 0 Å². The summed E-state index contributed by atoms with van der Waals surface area (Å²) in [5, 5.41) is 20.7. The lowest BCUT2D eigenvalue weighted by Gasteiger charge is -2.21. The molecule has 0 fully saturated rings. The molecule has 0 amide bonds. The van der Waals surface area contributed by atoms with E-state index in [0.29, 0.717) is 19.3 Å². The smallest absolute Gasteiger partial charge is 0.463 e. The molecule has 0 aliphatic rings. The molecule has 4 N–H and O–H groups in total. The summed E-state index contributed by atoms with van der Waals surface area (Å²) in [6.07, 6.45) is 105. The van der Waals surface area contributed by atoms with Crippen molar-refractivity contribution >= 4 is 33.6 Å². The van der Waals surface area contributed by atoms with Gasteiger partial charge < -0.3 is 34.2 Å². The second-order valence-electron chi connectivity index (χ2n) is 27.8. The second kappa shape index (κ2) is 82.4. The summed E-state index contributed by atoms with van der Waals surface area (Å²) in [4.78, 5) is 58.8. The number of esters is 3. The molecule has 0 radical (unpaired) electrons. The Kier molecular flexibility index (Phi) is 78.5. The van der Waals surface area contributed by atoms with E-state index in [1.807, 2.05) is 0 Å². The van der Waals surface area contributed by atoms with Crippen LogP contribution < -0.4 is 0 Å². The van der Waals surface area contributed by atoms with Crippen LogP contribution in [0.15, 0.2) is 170 Å². The fraction of sp³-hybridized carbons (Fsp3) is 0.659. The van der Waals surface area contributed by atoms with Gasteiger partial charge in [-0.25, -0.2) is 9.13 Å². The lowest BCUT2D eigenvalue weighted by Crippen LogP contribution is -2.30. The van der Waals surface area contributed by atoms with Crippen molar-refractivity contribution in [1.29, 1.82) is 0 Å². The van der Waals surface area contributed by atoms with Crippen LogP contribution in [0.3, 0.4) is 0 Å². The van der Waals surface area contributed by atoms with Crippen LogP contribution in [0.1, 0.15) is 329 Å². The first-order valence-corrected chi connectivity index (χ1v) is 45.4. The molecular formula is C91H152O16P2. The topological polar surface area (TPSA) is 231 Å². The van der Waals surface area contributed by atoms with Gasteiger partial charge in [-0.1, -0.05) is 332 Å². The molecule has 16 nitrogen and oxygen atoms in total. The minimum Gasteiger partial charge on any atom is -0.463 e. The van der Waals surface area contributed by atoms with Gasteiger partial charge in [0.25, 0.3) is 0 Å². The molecule has 18 heteroatoms. The van der Waals surface area contributed by atoms with Gasteiger partial charge in [-0.15, -0.1) is 0 Å². The number of phosphoric acid groups is 2. The zero-order valence-corrected chi connectivity index (χ0v) is 70.0. The van der Waals surface area contributed by atoms with E-state index in [0.717, 1.165) is 205 Å². The van der Waals surface area contributed by atoms with E-state index in [1.54, 1.807) is 0 Å². The van der Waals surface area contributed by atoms with E-state index >= 15 is 0 Å². The predicted molar refractivity (Wildman–Crippen MR) is 454 cm³/mol. The van der Waals surface area contributed by atoms with Crippen molar-refractivity contribution in [2.45, 2.75) is 347 Å². The molecule has 0 rings (SSSR count). The fourth-order valence-corrected chi connectivity index (χ4v) is 12.7. The van der Waals surface area contributed by atoms with Gasteiger partial charge in [0.2, 0.25) is 0 Å². The lowest BCUT2D eigenvalue weighted by atomic mass is 10.0. The molecule has 0 saturated heterocycles. The molecule has 5 atom stereocenters. The molecule has 0 aromatic rings. The minimum atomic E-state index is -4.95. The summed E-state index contributed by atoms with van der Waals surface area (Å²) in [5.74, 6) is -1.60. The molecule has 0 saturated carbocycles. The summed E-state index contributed by atoms with van der Waals surface area (Å²) in [5.41, 5.74) is 0. The number of carbonyl (C=O) groups excluding carboxylic acids is 3. The molecule has 5 unspecified atom stereocenters. The number of rotatable bonds is 79. The van der Waals surface area contributed by atoms with Crippen molar-refractivity contribution in [3.63, 3.8) is 0 Å². The van der Waals surface area contributed by atoms with Gasteiger partial charge in [0.1, 0.15) is 25.4 Å².